The first-order valence-electron chi connectivity index (χ1n) is 10.0. The third-order valence-electron chi connectivity index (χ3n) is 6.12. The molecule has 1 atom stereocenters. The quantitative estimate of drug-likeness (QED) is 0.838. The summed E-state index contributed by atoms with van der Waals surface area (Å²) >= 11 is 0. The highest BCUT2D eigenvalue weighted by atomic mass is 16.2. The Kier molecular flexibility index (Phi) is 5.17. The van der Waals surface area contributed by atoms with Gasteiger partial charge in [0.1, 0.15) is 0 Å². The molecule has 142 valence electrons. The fourth-order valence-electron chi connectivity index (χ4n) is 4.37. The van der Waals surface area contributed by atoms with Crippen molar-refractivity contribution >= 4 is 11.6 Å². The zero-order valence-electron chi connectivity index (χ0n) is 16.4. The molecule has 4 rings (SSSR count). The molecule has 1 amide bonds. The molecule has 4 nitrogen and oxygen atoms in total. The summed E-state index contributed by atoms with van der Waals surface area (Å²) < 4.78 is 0. The number of fused-ring (bicyclic) bond motifs is 1. The largest absolute Gasteiger partial charge is 0.369 e. The van der Waals surface area contributed by atoms with E-state index in [0.717, 1.165) is 45.7 Å². The van der Waals surface area contributed by atoms with Crippen LogP contribution in [0.1, 0.15) is 23.6 Å². The summed E-state index contributed by atoms with van der Waals surface area (Å²) in [5.74, 6) is 0.272. The lowest BCUT2D eigenvalue weighted by atomic mass is 9.99. The van der Waals surface area contributed by atoms with Crippen molar-refractivity contribution in [2.45, 2.75) is 32.9 Å². The molecular weight excluding hydrogens is 334 g/mol. The van der Waals surface area contributed by atoms with Gasteiger partial charge in [0.15, 0.2) is 0 Å². The van der Waals surface area contributed by atoms with Crippen LogP contribution in [0.5, 0.6) is 0 Å². The number of carbonyl (C=O) groups is 1. The summed E-state index contributed by atoms with van der Waals surface area (Å²) in [5.41, 5.74) is 5.33. The maximum absolute atomic E-state index is 13.1. The van der Waals surface area contributed by atoms with Gasteiger partial charge in [-0.05, 0) is 43.0 Å². The van der Waals surface area contributed by atoms with Crippen molar-refractivity contribution in [2.24, 2.45) is 0 Å². The highest BCUT2D eigenvalue weighted by molar-refractivity contribution is 5.81. The van der Waals surface area contributed by atoms with E-state index >= 15 is 0 Å². The minimum atomic E-state index is -0.0470. The van der Waals surface area contributed by atoms with Gasteiger partial charge in [0, 0.05) is 45.0 Å². The van der Waals surface area contributed by atoms with Gasteiger partial charge in [-0.25, -0.2) is 0 Å². The average molecular weight is 364 g/mol. The number of hydrogen-bond acceptors (Lipinski definition) is 3. The average Bonchev–Trinajstić information content (AvgIpc) is 2.73. The zero-order valence-corrected chi connectivity index (χ0v) is 16.4. The molecule has 2 aromatic rings. The van der Waals surface area contributed by atoms with Crippen molar-refractivity contribution in [1.82, 2.24) is 9.80 Å². The number of aryl methyl sites for hydroxylation is 1. The first kappa shape index (κ1) is 18.1. The molecular formula is C23H29N3O. The van der Waals surface area contributed by atoms with E-state index in [4.69, 9.17) is 0 Å². The van der Waals surface area contributed by atoms with Crippen LogP contribution in [0, 0.1) is 6.92 Å². The summed E-state index contributed by atoms with van der Waals surface area (Å²) in [4.78, 5) is 19.9. The Morgan fingerprint density at radius 1 is 0.889 bits per heavy atom. The van der Waals surface area contributed by atoms with Crippen molar-refractivity contribution in [3.8, 4) is 0 Å². The number of anilines is 1. The van der Waals surface area contributed by atoms with E-state index in [2.05, 4.69) is 72.2 Å². The summed E-state index contributed by atoms with van der Waals surface area (Å²) in [5, 5.41) is 0. The fourth-order valence-corrected chi connectivity index (χ4v) is 4.37. The molecule has 1 fully saturated rings. The minimum absolute atomic E-state index is 0.0470. The van der Waals surface area contributed by atoms with Gasteiger partial charge in [0.05, 0.1) is 6.04 Å². The normalized spacial score (nSPS) is 18.9. The zero-order chi connectivity index (χ0) is 18.8. The van der Waals surface area contributed by atoms with Gasteiger partial charge >= 0.3 is 0 Å². The van der Waals surface area contributed by atoms with Crippen LogP contribution in [0.15, 0.2) is 48.5 Å². The number of nitrogens with zero attached hydrogens (tertiary/aromatic N) is 3. The molecule has 2 aromatic carbocycles. The van der Waals surface area contributed by atoms with Crippen molar-refractivity contribution in [1.29, 1.82) is 0 Å². The van der Waals surface area contributed by atoms with Crippen LogP contribution in [0.25, 0.3) is 0 Å². The van der Waals surface area contributed by atoms with Crippen LogP contribution in [0.3, 0.4) is 0 Å². The topological polar surface area (TPSA) is 26.8 Å². The highest BCUT2D eigenvalue weighted by Gasteiger charge is 2.30. The predicted molar refractivity (Wildman–Crippen MR) is 110 cm³/mol. The number of hydrogen-bond donors (Lipinski definition) is 0. The molecule has 0 radical (unpaired) electrons. The molecule has 2 heterocycles. The third-order valence-corrected chi connectivity index (χ3v) is 6.12. The van der Waals surface area contributed by atoms with Crippen LogP contribution in [0.2, 0.25) is 0 Å². The first-order chi connectivity index (χ1) is 13.1. The molecule has 0 bridgehead atoms. The molecule has 0 aromatic heterocycles. The Labute approximate surface area is 162 Å². The molecule has 27 heavy (non-hydrogen) atoms. The van der Waals surface area contributed by atoms with Crippen molar-refractivity contribution in [2.75, 3.05) is 37.6 Å². The Morgan fingerprint density at radius 2 is 1.56 bits per heavy atom. The van der Waals surface area contributed by atoms with E-state index in [0.29, 0.717) is 0 Å². The van der Waals surface area contributed by atoms with E-state index in [-0.39, 0.29) is 11.9 Å². The molecule has 2 aliphatic rings. The Balaban J connectivity index is 1.36. The molecule has 0 aliphatic carbocycles. The fraction of sp³-hybridized carbons (Fsp3) is 0.435. The molecule has 4 heteroatoms. The van der Waals surface area contributed by atoms with E-state index in [1.165, 1.54) is 22.4 Å². The number of piperazine rings is 1. The van der Waals surface area contributed by atoms with Crippen LogP contribution in [-0.2, 0) is 17.8 Å². The van der Waals surface area contributed by atoms with Gasteiger partial charge in [-0.3, -0.25) is 9.69 Å². The maximum atomic E-state index is 13.1. The van der Waals surface area contributed by atoms with Gasteiger partial charge in [-0.1, -0.05) is 42.5 Å². The first-order valence-corrected chi connectivity index (χ1v) is 10.0. The number of rotatable bonds is 3. The van der Waals surface area contributed by atoms with E-state index < -0.39 is 0 Å². The van der Waals surface area contributed by atoms with E-state index in [9.17, 15) is 4.79 Å². The summed E-state index contributed by atoms with van der Waals surface area (Å²) in [7, 11) is 0. The van der Waals surface area contributed by atoms with Crippen LogP contribution in [0.4, 0.5) is 5.69 Å². The second kappa shape index (κ2) is 7.73. The van der Waals surface area contributed by atoms with Gasteiger partial charge in [-0.2, -0.15) is 0 Å². The van der Waals surface area contributed by atoms with Gasteiger partial charge in [-0.15, -0.1) is 0 Å². The SMILES string of the molecule is Cc1ccccc1N1CCN([C@H](C)C(=O)N2CCc3ccccc3C2)CC1. The number of amides is 1. The lowest BCUT2D eigenvalue weighted by Crippen LogP contribution is -2.55. The Hall–Kier alpha value is -2.33. The number of para-hydroxylation sites is 1. The maximum Gasteiger partial charge on any atom is 0.239 e. The summed E-state index contributed by atoms with van der Waals surface area (Å²) in [6, 6.07) is 17.0. The number of benzene rings is 2. The van der Waals surface area contributed by atoms with Gasteiger partial charge in [0.2, 0.25) is 5.91 Å². The Morgan fingerprint density at radius 3 is 2.30 bits per heavy atom. The highest BCUT2D eigenvalue weighted by Crippen LogP contribution is 2.23. The van der Waals surface area contributed by atoms with Crippen LogP contribution >= 0.6 is 0 Å². The van der Waals surface area contributed by atoms with Crippen molar-refractivity contribution < 1.29 is 4.79 Å². The summed E-state index contributed by atoms with van der Waals surface area (Å²) in [6.07, 6.45) is 0.968. The number of carbonyl (C=O) groups excluding carboxylic acids is 1. The van der Waals surface area contributed by atoms with Gasteiger partial charge in [0.25, 0.3) is 0 Å². The van der Waals surface area contributed by atoms with Crippen molar-refractivity contribution in [3.63, 3.8) is 0 Å². The van der Waals surface area contributed by atoms with E-state index in [1.807, 2.05) is 4.90 Å². The van der Waals surface area contributed by atoms with Crippen molar-refractivity contribution in [3.05, 3.63) is 65.2 Å². The van der Waals surface area contributed by atoms with Gasteiger partial charge < -0.3 is 9.80 Å². The van der Waals surface area contributed by atoms with E-state index in [1.54, 1.807) is 0 Å². The lowest BCUT2D eigenvalue weighted by molar-refractivity contribution is -0.137. The molecule has 2 aliphatic heterocycles. The smallest absolute Gasteiger partial charge is 0.239 e. The Bertz CT molecular complexity index is 811. The molecule has 0 N–H and O–H groups in total. The molecule has 0 saturated carbocycles. The summed E-state index contributed by atoms with van der Waals surface area (Å²) in [6.45, 7) is 9.66. The molecule has 0 spiro atoms. The monoisotopic (exact) mass is 363 g/mol. The standard InChI is InChI=1S/C23H29N3O/c1-18-7-3-6-10-22(18)25-15-13-24(14-16-25)19(2)23(27)26-12-11-20-8-4-5-9-21(20)17-26/h3-10,19H,11-17H2,1-2H3/t19-/m1/s1. The molecule has 1 saturated heterocycles. The predicted octanol–water partition coefficient (Wildman–Crippen LogP) is 3.09. The second-order valence-corrected chi connectivity index (χ2v) is 7.76. The minimum Gasteiger partial charge on any atom is -0.369 e. The second-order valence-electron chi connectivity index (χ2n) is 7.76. The molecule has 0 unspecified atom stereocenters. The third kappa shape index (κ3) is 3.72. The van der Waals surface area contributed by atoms with Crippen LogP contribution in [-0.4, -0.2) is 54.5 Å². The van der Waals surface area contributed by atoms with Crippen LogP contribution < -0.4 is 4.90 Å². The lowest BCUT2D eigenvalue weighted by Gasteiger charge is -2.41.